The maximum atomic E-state index is 10.4. The number of rotatable bonds is 2. The molecule has 0 aliphatic heterocycles. The van der Waals surface area contributed by atoms with Crippen LogP contribution in [0.4, 0.5) is 0 Å². The van der Waals surface area contributed by atoms with E-state index in [-0.39, 0.29) is 6.42 Å². The van der Waals surface area contributed by atoms with Crippen LogP contribution in [0.2, 0.25) is 5.02 Å². The van der Waals surface area contributed by atoms with Crippen LogP contribution in [-0.4, -0.2) is 12.6 Å². The van der Waals surface area contributed by atoms with E-state index in [4.69, 9.17) is 11.6 Å². The molecule has 0 aliphatic rings. The Morgan fingerprint density at radius 3 is 2.71 bits per heavy atom. The van der Waals surface area contributed by atoms with E-state index < -0.39 is 0 Å². The van der Waals surface area contributed by atoms with Crippen LogP contribution in [0, 0.1) is 11.8 Å². The van der Waals surface area contributed by atoms with Crippen molar-refractivity contribution in [3.05, 3.63) is 34.3 Å². The molecule has 0 aromatic heterocycles. The fraction of sp³-hybridized carbons (Fsp3) is 0.0909. The Kier molecular flexibility index (Phi) is 3.90. The molecule has 0 radical (unpaired) electrons. The summed E-state index contributed by atoms with van der Waals surface area (Å²) in [6.07, 6.45) is 1.62. The minimum absolute atomic E-state index is 0.201. The number of aldehydes is 2. The van der Waals surface area contributed by atoms with Gasteiger partial charge in [0.25, 0.3) is 0 Å². The lowest BCUT2D eigenvalue weighted by atomic mass is 10.1. The Morgan fingerprint density at radius 2 is 2.14 bits per heavy atom. The van der Waals surface area contributed by atoms with Crippen LogP contribution in [0.15, 0.2) is 18.2 Å². The highest BCUT2D eigenvalue weighted by Gasteiger charge is 1.98. The van der Waals surface area contributed by atoms with Crippen LogP contribution in [0.25, 0.3) is 0 Å². The van der Waals surface area contributed by atoms with E-state index >= 15 is 0 Å². The summed E-state index contributed by atoms with van der Waals surface area (Å²) in [5.41, 5.74) is 1.13. The van der Waals surface area contributed by atoms with E-state index in [0.29, 0.717) is 22.4 Å². The number of halogens is 1. The Bertz CT molecular complexity index is 413. The average molecular weight is 207 g/mol. The molecular weight excluding hydrogens is 200 g/mol. The third-order valence-electron chi connectivity index (χ3n) is 1.55. The van der Waals surface area contributed by atoms with Crippen molar-refractivity contribution in [2.45, 2.75) is 6.42 Å². The number of carbonyl (C=O) groups excluding carboxylic acids is 2. The van der Waals surface area contributed by atoms with Gasteiger partial charge in [-0.05, 0) is 18.2 Å². The number of hydrogen-bond acceptors (Lipinski definition) is 2. The van der Waals surface area contributed by atoms with E-state index in [1.807, 2.05) is 0 Å². The van der Waals surface area contributed by atoms with Crippen molar-refractivity contribution in [2.24, 2.45) is 0 Å². The van der Waals surface area contributed by atoms with Gasteiger partial charge in [0.1, 0.15) is 6.29 Å². The van der Waals surface area contributed by atoms with Gasteiger partial charge >= 0.3 is 0 Å². The largest absolute Gasteiger partial charge is 0.302 e. The van der Waals surface area contributed by atoms with E-state index in [1.165, 1.54) is 0 Å². The van der Waals surface area contributed by atoms with Crippen molar-refractivity contribution in [1.29, 1.82) is 0 Å². The topological polar surface area (TPSA) is 34.1 Å². The molecule has 0 fully saturated rings. The maximum Gasteiger partial charge on any atom is 0.151 e. The Labute approximate surface area is 86.9 Å². The van der Waals surface area contributed by atoms with Crippen molar-refractivity contribution in [3.8, 4) is 11.8 Å². The van der Waals surface area contributed by atoms with Gasteiger partial charge in [-0.2, -0.15) is 0 Å². The van der Waals surface area contributed by atoms with E-state index in [1.54, 1.807) is 18.2 Å². The fourth-order valence-electron chi connectivity index (χ4n) is 0.895. The monoisotopic (exact) mass is 206 g/mol. The zero-order chi connectivity index (χ0) is 10.4. The predicted molar refractivity (Wildman–Crippen MR) is 54.4 cm³/mol. The molecule has 14 heavy (non-hydrogen) atoms. The highest BCUT2D eigenvalue weighted by molar-refractivity contribution is 6.33. The van der Waals surface area contributed by atoms with Gasteiger partial charge in [0.2, 0.25) is 0 Å². The molecule has 1 aromatic rings. The SMILES string of the molecule is O=CCC#Cc1ccc(C=O)c(Cl)c1. The third-order valence-corrected chi connectivity index (χ3v) is 1.87. The van der Waals surface area contributed by atoms with Crippen LogP contribution in [-0.2, 0) is 4.79 Å². The lowest BCUT2D eigenvalue weighted by molar-refractivity contribution is -0.107. The van der Waals surface area contributed by atoms with Crippen LogP contribution in [0.5, 0.6) is 0 Å². The summed E-state index contributed by atoms with van der Waals surface area (Å²) < 4.78 is 0. The van der Waals surface area contributed by atoms with Crippen LogP contribution in [0.1, 0.15) is 22.3 Å². The zero-order valence-corrected chi connectivity index (χ0v) is 8.04. The molecule has 1 aromatic carbocycles. The van der Waals surface area contributed by atoms with Gasteiger partial charge in [-0.3, -0.25) is 4.79 Å². The number of carbonyl (C=O) groups is 2. The van der Waals surface area contributed by atoms with Crippen LogP contribution in [0.3, 0.4) is 0 Å². The molecule has 0 heterocycles. The molecule has 1 rings (SSSR count). The smallest absolute Gasteiger partial charge is 0.151 e. The second kappa shape index (κ2) is 5.21. The van der Waals surface area contributed by atoms with Crippen molar-refractivity contribution >= 4 is 24.2 Å². The lowest BCUT2D eigenvalue weighted by Gasteiger charge is -1.95. The number of hydrogen-bond donors (Lipinski definition) is 0. The molecule has 0 aliphatic carbocycles. The predicted octanol–water partition coefficient (Wildman–Crippen LogP) is 2.09. The standard InChI is InChI=1S/C11H7ClO2/c12-11-7-9(3-1-2-6-13)4-5-10(11)8-14/h4-8H,2H2. The van der Waals surface area contributed by atoms with Crippen LogP contribution >= 0.6 is 11.6 Å². The van der Waals surface area contributed by atoms with Gasteiger partial charge in [-0.25, -0.2) is 0 Å². The molecule has 3 heteroatoms. The zero-order valence-electron chi connectivity index (χ0n) is 7.29. The summed E-state index contributed by atoms with van der Waals surface area (Å²) in [6.45, 7) is 0. The highest BCUT2D eigenvalue weighted by atomic mass is 35.5. The van der Waals surface area contributed by atoms with Gasteiger partial charge in [0.15, 0.2) is 6.29 Å². The molecule has 0 amide bonds. The molecule has 0 atom stereocenters. The first-order valence-corrected chi connectivity index (χ1v) is 4.33. The maximum absolute atomic E-state index is 10.4. The second-order valence-corrected chi connectivity index (χ2v) is 2.93. The molecular formula is C11H7ClO2. The average Bonchev–Trinajstić information content (AvgIpc) is 2.18. The van der Waals surface area contributed by atoms with Gasteiger partial charge in [0.05, 0.1) is 11.4 Å². The Morgan fingerprint density at radius 1 is 1.36 bits per heavy atom. The van der Waals surface area contributed by atoms with Crippen LogP contribution < -0.4 is 0 Å². The first-order valence-electron chi connectivity index (χ1n) is 3.95. The minimum Gasteiger partial charge on any atom is -0.302 e. The van der Waals surface area contributed by atoms with Crippen molar-refractivity contribution in [2.75, 3.05) is 0 Å². The van der Waals surface area contributed by atoms with Crippen molar-refractivity contribution in [1.82, 2.24) is 0 Å². The quantitative estimate of drug-likeness (QED) is 0.549. The third kappa shape index (κ3) is 2.72. The van der Waals surface area contributed by atoms with Gasteiger partial charge in [-0.1, -0.05) is 23.4 Å². The van der Waals surface area contributed by atoms with E-state index in [9.17, 15) is 9.59 Å². The van der Waals surface area contributed by atoms with Gasteiger partial charge < -0.3 is 4.79 Å². The number of benzene rings is 1. The molecule has 0 unspecified atom stereocenters. The second-order valence-electron chi connectivity index (χ2n) is 2.53. The van der Waals surface area contributed by atoms with E-state index in [2.05, 4.69) is 11.8 Å². The first-order chi connectivity index (χ1) is 6.77. The molecule has 0 bridgehead atoms. The Hall–Kier alpha value is -1.59. The highest BCUT2D eigenvalue weighted by Crippen LogP contribution is 2.15. The lowest BCUT2D eigenvalue weighted by Crippen LogP contribution is -1.83. The molecule has 2 nitrogen and oxygen atoms in total. The van der Waals surface area contributed by atoms with Crippen molar-refractivity contribution in [3.63, 3.8) is 0 Å². The summed E-state index contributed by atoms with van der Waals surface area (Å²) >= 11 is 5.77. The summed E-state index contributed by atoms with van der Waals surface area (Å²) in [4.78, 5) is 20.4. The molecule has 0 saturated carbocycles. The normalized spacial score (nSPS) is 8.64. The Balaban J connectivity index is 2.93. The molecule has 70 valence electrons. The summed E-state index contributed by atoms with van der Waals surface area (Å²) in [6, 6.07) is 4.89. The summed E-state index contributed by atoms with van der Waals surface area (Å²) in [5.74, 6) is 5.41. The fourth-order valence-corrected chi connectivity index (χ4v) is 1.12. The van der Waals surface area contributed by atoms with Gasteiger partial charge in [-0.15, -0.1) is 0 Å². The minimum atomic E-state index is 0.201. The van der Waals surface area contributed by atoms with Gasteiger partial charge in [0, 0.05) is 11.1 Å². The first kappa shape index (κ1) is 10.5. The van der Waals surface area contributed by atoms with E-state index in [0.717, 1.165) is 6.29 Å². The van der Waals surface area contributed by atoms with Crippen molar-refractivity contribution < 1.29 is 9.59 Å². The molecule has 0 N–H and O–H groups in total. The molecule has 0 spiro atoms. The molecule has 0 saturated heterocycles. The summed E-state index contributed by atoms with van der Waals surface area (Å²) in [5, 5.41) is 0.373. The summed E-state index contributed by atoms with van der Waals surface area (Å²) in [7, 11) is 0.